The number of nitrogens with zero attached hydrogens (tertiary/aromatic N) is 1. The number of halogens is 2. The molecule has 1 aliphatic rings. The van der Waals surface area contributed by atoms with Crippen molar-refractivity contribution in [3.63, 3.8) is 0 Å². The zero-order valence-electron chi connectivity index (χ0n) is 10.5. The molecule has 0 radical (unpaired) electrons. The van der Waals surface area contributed by atoms with Gasteiger partial charge in [-0.15, -0.1) is 11.3 Å². The topological polar surface area (TPSA) is 49.4 Å². The molecule has 108 valence electrons. The van der Waals surface area contributed by atoms with Crippen molar-refractivity contribution < 1.29 is 8.42 Å². The van der Waals surface area contributed by atoms with Crippen LogP contribution in [0, 0.1) is 0 Å². The van der Waals surface area contributed by atoms with Crippen LogP contribution in [0.5, 0.6) is 0 Å². The number of hydrogen-bond acceptors (Lipinski definition) is 4. The van der Waals surface area contributed by atoms with Gasteiger partial charge < -0.3 is 5.32 Å². The Morgan fingerprint density at radius 1 is 1.53 bits per heavy atom. The molecule has 0 spiro atoms. The summed E-state index contributed by atoms with van der Waals surface area (Å²) in [6, 6.07) is 1.94. The fraction of sp³-hybridized carbons (Fsp3) is 0.636. The minimum absolute atomic E-state index is 0.311. The summed E-state index contributed by atoms with van der Waals surface area (Å²) in [5.74, 6) is 0. The van der Waals surface area contributed by atoms with Gasteiger partial charge in [0, 0.05) is 19.1 Å². The maximum atomic E-state index is 12.5. The molecule has 1 fully saturated rings. The number of hydrogen-bond donors (Lipinski definition) is 1. The SMILES string of the molecule is CCNC1CCN(S(=O)(=O)c2cc(Cl)c(Br)s2)CC1. The third kappa shape index (κ3) is 3.51. The van der Waals surface area contributed by atoms with E-state index in [-0.39, 0.29) is 0 Å². The first-order valence-corrected chi connectivity index (χ1v) is 9.56. The van der Waals surface area contributed by atoms with E-state index in [0.717, 1.165) is 19.4 Å². The molecule has 19 heavy (non-hydrogen) atoms. The van der Waals surface area contributed by atoms with Crippen LogP contribution < -0.4 is 5.32 Å². The molecule has 1 saturated heterocycles. The van der Waals surface area contributed by atoms with Gasteiger partial charge >= 0.3 is 0 Å². The molecule has 8 heteroatoms. The Balaban J connectivity index is 2.09. The molecule has 2 rings (SSSR count). The summed E-state index contributed by atoms with van der Waals surface area (Å²) in [6.07, 6.45) is 1.71. The molecule has 0 unspecified atom stereocenters. The van der Waals surface area contributed by atoms with Gasteiger partial charge in [-0.05, 0) is 41.4 Å². The highest BCUT2D eigenvalue weighted by atomic mass is 79.9. The normalized spacial score (nSPS) is 18.9. The molecule has 0 saturated carbocycles. The van der Waals surface area contributed by atoms with Crippen LogP contribution in [0.25, 0.3) is 0 Å². The summed E-state index contributed by atoms with van der Waals surface area (Å²) in [7, 11) is -3.39. The summed E-state index contributed by atoms with van der Waals surface area (Å²) in [5.41, 5.74) is 0. The Bertz CT molecular complexity index is 519. The average molecular weight is 388 g/mol. The van der Waals surface area contributed by atoms with E-state index in [4.69, 9.17) is 11.6 Å². The Morgan fingerprint density at radius 2 is 2.16 bits per heavy atom. The highest BCUT2D eigenvalue weighted by Crippen LogP contribution is 2.36. The molecule has 0 atom stereocenters. The van der Waals surface area contributed by atoms with Crippen molar-refractivity contribution in [1.29, 1.82) is 0 Å². The van der Waals surface area contributed by atoms with Gasteiger partial charge in [0.05, 0.1) is 8.81 Å². The highest BCUT2D eigenvalue weighted by molar-refractivity contribution is 9.11. The fourth-order valence-electron chi connectivity index (χ4n) is 2.17. The lowest BCUT2D eigenvalue weighted by molar-refractivity contribution is 0.293. The van der Waals surface area contributed by atoms with Crippen LogP contribution in [0.3, 0.4) is 0 Å². The summed E-state index contributed by atoms with van der Waals surface area (Å²) >= 11 is 10.3. The minimum Gasteiger partial charge on any atom is -0.314 e. The second-order valence-corrected chi connectivity index (χ2v) is 9.37. The number of rotatable bonds is 4. The number of piperidine rings is 1. The number of sulfonamides is 1. The van der Waals surface area contributed by atoms with E-state index in [0.29, 0.717) is 32.1 Å². The predicted molar refractivity (Wildman–Crippen MR) is 82.5 cm³/mol. The minimum atomic E-state index is -3.39. The summed E-state index contributed by atoms with van der Waals surface area (Å²) < 4.78 is 27.4. The van der Waals surface area contributed by atoms with E-state index in [2.05, 4.69) is 28.2 Å². The lowest BCUT2D eigenvalue weighted by Gasteiger charge is -2.31. The van der Waals surface area contributed by atoms with Gasteiger partial charge in [0.25, 0.3) is 10.0 Å². The van der Waals surface area contributed by atoms with Gasteiger partial charge in [-0.3, -0.25) is 0 Å². The third-order valence-corrected chi connectivity index (χ3v) is 7.99. The maximum absolute atomic E-state index is 12.5. The molecule has 4 nitrogen and oxygen atoms in total. The van der Waals surface area contributed by atoms with Crippen molar-refractivity contribution in [2.45, 2.75) is 30.0 Å². The van der Waals surface area contributed by atoms with Crippen molar-refractivity contribution in [2.75, 3.05) is 19.6 Å². The van der Waals surface area contributed by atoms with Crippen LogP contribution in [0.4, 0.5) is 0 Å². The fourth-order valence-corrected chi connectivity index (χ4v) is 6.19. The van der Waals surface area contributed by atoms with E-state index in [9.17, 15) is 8.42 Å². The Morgan fingerprint density at radius 3 is 2.63 bits per heavy atom. The van der Waals surface area contributed by atoms with Gasteiger partial charge in [-0.2, -0.15) is 4.31 Å². The summed E-state index contributed by atoms with van der Waals surface area (Å²) in [6.45, 7) is 4.11. The van der Waals surface area contributed by atoms with Gasteiger partial charge in [-0.1, -0.05) is 18.5 Å². The average Bonchev–Trinajstić information content (AvgIpc) is 2.71. The maximum Gasteiger partial charge on any atom is 0.252 e. The van der Waals surface area contributed by atoms with Crippen molar-refractivity contribution >= 4 is 48.9 Å². The van der Waals surface area contributed by atoms with Crippen LogP contribution in [-0.4, -0.2) is 38.4 Å². The van der Waals surface area contributed by atoms with Crippen molar-refractivity contribution in [3.8, 4) is 0 Å². The first kappa shape index (κ1) is 15.7. The molecule has 1 aliphatic heterocycles. The lowest BCUT2D eigenvalue weighted by atomic mass is 10.1. The van der Waals surface area contributed by atoms with E-state index >= 15 is 0 Å². The van der Waals surface area contributed by atoms with E-state index in [1.54, 1.807) is 4.31 Å². The van der Waals surface area contributed by atoms with E-state index < -0.39 is 10.0 Å². The van der Waals surface area contributed by atoms with Crippen LogP contribution in [0.1, 0.15) is 19.8 Å². The predicted octanol–water partition coefficient (Wildman–Crippen LogP) is 2.93. The first-order valence-electron chi connectivity index (χ1n) is 6.13. The zero-order valence-corrected chi connectivity index (χ0v) is 14.5. The molecule has 0 aromatic carbocycles. The standard InChI is InChI=1S/C11H16BrClN2O2S2/c1-2-14-8-3-5-15(6-4-8)19(16,17)10-7-9(13)11(12)18-10/h7-8,14H,2-6H2,1H3. The molecule has 1 aromatic heterocycles. The van der Waals surface area contributed by atoms with Crippen molar-refractivity contribution in [1.82, 2.24) is 9.62 Å². The quantitative estimate of drug-likeness (QED) is 0.864. The van der Waals surface area contributed by atoms with Crippen LogP contribution in [0.2, 0.25) is 5.02 Å². The smallest absolute Gasteiger partial charge is 0.252 e. The van der Waals surface area contributed by atoms with E-state index in [1.165, 1.54) is 17.4 Å². The van der Waals surface area contributed by atoms with Crippen LogP contribution >= 0.6 is 38.9 Å². The lowest BCUT2D eigenvalue weighted by Crippen LogP contribution is -2.44. The molecule has 0 aliphatic carbocycles. The monoisotopic (exact) mass is 386 g/mol. The molecular weight excluding hydrogens is 372 g/mol. The van der Waals surface area contributed by atoms with Crippen molar-refractivity contribution in [3.05, 3.63) is 14.9 Å². The Hall–Kier alpha value is 0.340. The van der Waals surface area contributed by atoms with Gasteiger partial charge in [-0.25, -0.2) is 8.42 Å². The van der Waals surface area contributed by atoms with E-state index in [1.807, 2.05) is 0 Å². The molecular formula is C11H16BrClN2O2S2. The molecule has 0 bridgehead atoms. The second kappa shape index (κ2) is 6.41. The highest BCUT2D eigenvalue weighted by Gasteiger charge is 2.30. The molecule has 2 heterocycles. The largest absolute Gasteiger partial charge is 0.314 e. The molecule has 1 N–H and O–H groups in total. The van der Waals surface area contributed by atoms with Gasteiger partial charge in [0.1, 0.15) is 4.21 Å². The third-order valence-electron chi connectivity index (χ3n) is 3.16. The summed E-state index contributed by atoms with van der Waals surface area (Å²) in [5, 5.41) is 3.81. The summed E-state index contributed by atoms with van der Waals surface area (Å²) in [4.78, 5) is 0. The first-order chi connectivity index (χ1) is 8.95. The van der Waals surface area contributed by atoms with Crippen molar-refractivity contribution in [2.24, 2.45) is 0 Å². The molecule has 1 aromatic rings. The Kier molecular flexibility index (Phi) is 5.30. The second-order valence-electron chi connectivity index (χ2n) is 4.42. The molecule has 0 amide bonds. The number of nitrogens with one attached hydrogen (secondary N) is 1. The Labute approximate surface area is 131 Å². The zero-order chi connectivity index (χ0) is 14.0. The van der Waals surface area contributed by atoms with Crippen LogP contribution in [0.15, 0.2) is 14.1 Å². The number of thiophene rings is 1. The van der Waals surface area contributed by atoms with Gasteiger partial charge in [0.15, 0.2) is 0 Å². The van der Waals surface area contributed by atoms with Crippen LogP contribution in [-0.2, 0) is 10.0 Å². The van der Waals surface area contributed by atoms with Gasteiger partial charge in [0.2, 0.25) is 0 Å².